The van der Waals surface area contributed by atoms with Gasteiger partial charge < -0.3 is 10.2 Å². The summed E-state index contributed by atoms with van der Waals surface area (Å²) in [6.07, 6.45) is 1.92. The fourth-order valence-corrected chi connectivity index (χ4v) is 2.24. The Balaban J connectivity index is 1.82. The molecule has 2 amide bonds. The Morgan fingerprint density at radius 1 is 1.40 bits per heavy atom. The first-order valence-corrected chi connectivity index (χ1v) is 6.53. The minimum atomic E-state index is -0.297. The second kappa shape index (κ2) is 6.32. The van der Waals surface area contributed by atoms with Gasteiger partial charge >= 0.3 is 0 Å². The van der Waals surface area contributed by atoms with Gasteiger partial charge in [0.1, 0.15) is 5.82 Å². The molecule has 0 spiro atoms. The van der Waals surface area contributed by atoms with Crippen LogP contribution in [0.25, 0.3) is 0 Å². The molecule has 1 aromatic carbocycles. The monoisotopic (exact) mass is 276 g/mol. The van der Waals surface area contributed by atoms with Gasteiger partial charge in [-0.3, -0.25) is 9.59 Å². The van der Waals surface area contributed by atoms with Gasteiger partial charge in [0, 0.05) is 19.6 Å². The maximum Gasteiger partial charge on any atom is 0.245 e. The third-order valence-corrected chi connectivity index (χ3v) is 3.43. The predicted octanol–water partition coefficient (Wildman–Crippen LogP) is 1.48. The van der Waals surface area contributed by atoms with Crippen molar-refractivity contribution >= 4 is 11.8 Å². The van der Waals surface area contributed by atoms with Crippen LogP contribution in [-0.4, -0.2) is 29.8 Å². The van der Waals surface area contributed by atoms with Crippen LogP contribution >= 0.6 is 0 Å². The number of hydrogen-bond acceptors (Lipinski definition) is 2. The van der Waals surface area contributed by atoms with Crippen molar-refractivity contribution in [2.75, 3.05) is 13.1 Å². The van der Waals surface area contributed by atoms with Crippen LogP contribution in [0.2, 0.25) is 0 Å². The van der Waals surface area contributed by atoms with E-state index >= 15 is 0 Å². The van der Waals surface area contributed by atoms with Gasteiger partial charge in [0.15, 0.2) is 0 Å². The molecule has 2 rings (SSSR count). The van der Waals surface area contributed by atoms with Crippen molar-refractivity contribution in [3.05, 3.63) is 48.3 Å². The molecule has 0 saturated carbocycles. The second-order valence-corrected chi connectivity index (χ2v) is 4.82. The van der Waals surface area contributed by atoms with E-state index in [4.69, 9.17) is 0 Å². The highest BCUT2D eigenvalue weighted by atomic mass is 19.1. The first-order valence-electron chi connectivity index (χ1n) is 6.53. The highest BCUT2D eigenvalue weighted by molar-refractivity contribution is 5.88. The third kappa shape index (κ3) is 3.44. The molecule has 5 heteroatoms. The Morgan fingerprint density at radius 3 is 2.75 bits per heavy atom. The molecule has 1 aliphatic rings. The number of hydrogen-bond donors (Lipinski definition) is 1. The van der Waals surface area contributed by atoms with E-state index in [1.54, 1.807) is 17.0 Å². The zero-order chi connectivity index (χ0) is 14.5. The average molecular weight is 276 g/mol. The highest BCUT2D eigenvalue weighted by Crippen LogP contribution is 2.16. The summed E-state index contributed by atoms with van der Waals surface area (Å²) in [6, 6.07) is 6.00. The molecular formula is C15H17FN2O2. The average Bonchev–Trinajstić information content (AvgIpc) is 2.95. The maximum atomic E-state index is 12.8. The molecule has 1 atom stereocenters. The number of nitrogens with zero attached hydrogens (tertiary/aromatic N) is 1. The van der Waals surface area contributed by atoms with Crippen LogP contribution in [0, 0.1) is 11.7 Å². The van der Waals surface area contributed by atoms with Gasteiger partial charge in [0.2, 0.25) is 11.8 Å². The van der Waals surface area contributed by atoms with Gasteiger partial charge in [-0.25, -0.2) is 4.39 Å². The zero-order valence-corrected chi connectivity index (χ0v) is 11.1. The van der Waals surface area contributed by atoms with Gasteiger partial charge in [-0.15, -0.1) is 0 Å². The number of halogens is 1. The van der Waals surface area contributed by atoms with Crippen molar-refractivity contribution in [3.8, 4) is 0 Å². The molecule has 1 fully saturated rings. The lowest BCUT2D eigenvalue weighted by Gasteiger charge is -2.14. The molecule has 20 heavy (non-hydrogen) atoms. The molecule has 0 bridgehead atoms. The van der Waals surface area contributed by atoms with Gasteiger partial charge in [0.05, 0.1) is 5.92 Å². The summed E-state index contributed by atoms with van der Waals surface area (Å²) in [5, 5.41) is 2.81. The summed E-state index contributed by atoms with van der Waals surface area (Å²) >= 11 is 0. The molecule has 4 nitrogen and oxygen atoms in total. The molecule has 1 unspecified atom stereocenters. The van der Waals surface area contributed by atoms with Crippen LogP contribution in [0.3, 0.4) is 0 Å². The molecule has 1 aromatic rings. The zero-order valence-electron chi connectivity index (χ0n) is 11.1. The molecule has 0 aromatic heterocycles. The molecule has 1 saturated heterocycles. The van der Waals surface area contributed by atoms with Gasteiger partial charge in [-0.05, 0) is 30.2 Å². The number of carbonyl (C=O) groups excluding carboxylic acids is 2. The van der Waals surface area contributed by atoms with E-state index in [0.717, 1.165) is 5.56 Å². The Morgan fingerprint density at radius 2 is 2.10 bits per heavy atom. The van der Waals surface area contributed by atoms with Crippen LogP contribution in [0.1, 0.15) is 12.0 Å². The van der Waals surface area contributed by atoms with Crippen molar-refractivity contribution in [2.45, 2.75) is 13.0 Å². The topological polar surface area (TPSA) is 49.4 Å². The molecule has 1 N–H and O–H groups in total. The van der Waals surface area contributed by atoms with Crippen molar-refractivity contribution < 1.29 is 14.0 Å². The molecule has 0 aliphatic carbocycles. The largest absolute Gasteiger partial charge is 0.352 e. The van der Waals surface area contributed by atoms with Crippen molar-refractivity contribution in [1.29, 1.82) is 0 Å². The second-order valence-electron chi connectivity index (χ2n) is 4.82. The molecular weight excluding hydrogens is 259 g/mol. The summed E-state index contributed by atoms with van der Waals surface area (Å²) in [4.78, 5) is 25.0. The minimum Gasteiger partial charge on any atom is -0.352 e. The van der Waals surface area contributed by atoms with E-state index in [9.17, 15) is 14.0 Å². The van der Waals surface area contributed by atoms with Crippen LogP contribution in [-0.2, 0) is 16.1 Å². The summed E-state index contributed by atoms with van der Waals surface area (Å²) in [6.45, 7) is 4.82. The fraction of sp³-hybridized carbons (Fsp3) is 0.333. The number of likely N-dealkylation sites (tertiary alicyclic amines) is 1. The van der Waals surface area contributed by atoms with Crippen LogP contribution in [0.15, 0.2) is 36.9 Å². The lowest BCUT2D eigenvalue weighted by Crippen LogP contribution is -2.33. The number of carbonyl (C=O) groups is 2. The molecule has 1 aliphatic heterocycles. The summed E-state index contributed by atoms with van der Waals surface area (Å²) in [7, 11) is 0. The number of amides is 2. The Bertz CT molecular complexity index is 513. The minimum absolute atomic E-state index is 0.0753. The van der Waals surface area contributed by atoms with E-state index < -0.39 is 0 Å². The Labute approximate surface area is 117 Å². The normalized spacial score (nSPS) is 17.9. The highest BCUT2D eigenvalue weighted by Gasteiger charge is 2.29. The Kier molecular flexibility index (Phi) is 4.50. The van der Waals surface area contributed by atoms with Crippen LogP contribution < -0.4 is 5.32 Å². The van der Waals surface area contributed by atoms with E-state index in [2.05, 4.69) is 11.9 Å². The SMILES string of the molecule is C=CC(=O)N1CCC(C(=O)NCc2ccc(F)cc2)C1. The Hall–Kier alpha value is -2.17. The quantitative estimate of drug-likeness (QED) is 0.847. The summed E-state index contributed by atoms with van der Waals surface area (Å²) in [5.74, 6) is -0.693. The molecule has 1 heterocycles. The smallest absolute Gasteiger partial charge is 0.245 e. The van der Waals surface area contributed by atoms with Gasteiger partial charge in [-0.1, -0.05) is 18.7 Å². The van der Waals surface area contributed by atoms with Gasteiger partial charge in [0.25, 0.3) is 0 Å². The standard InChI is InChI=1S/C15H17FN2O2/c1-2-14(19)18-8-7-12(10-18)15(20)17-9-11-3-5-13(16)6-4-11/h2-6,12H,1,7-10H2,(H,17,20). The first-order chi connectivity index (χ1) is 9.60. The van der Waals surface area contributed by atoms with Crippen LogP contribution in [0.4, 0.5) is 4.39 Å². The van der Waals surface area contributed by atoms with Crippen LogP contribution in [0.5, 0.6) is 0 Å². The number of rotatable bonds is 4. The van der Waals surface area contributed by atoms with Crippen molar-refractivity contribution in [3.63, 3.8) is 0 Å². The first kappa shape index (κ1) is 14.2. The van der Waals surface area contributed by atoms with E-state index in [0.29, 0.717) is 26.1 Å². The number of nitrogens with one attached hydrogen (secondary N) is 1. The lowest BCUT2D eigenvalue weighted by molar-refractivity contribution is -0.126. The van der Waals surface area contributed by atoms with E-state index in [-0.39, 0.29) is 23.5 Å². The lowest BCUT2D eigenvalue weighted by atomic mass is 10.1. The maximum absolute atomic E-state index is 12.8. The fourth-order valence-electron chi connectivity index (χ4n) is 2.24. The van der Waals surface area contributed by atoms with Crippen molar-refractivity contribution in [1.82, 2.24) is 10.2 Å². The van der Waals surface area contributed by atoms with Crippen molar-refractivity contribution in [2.24, 2.45) is 5.92 Å². The molecule has 106 valence electrons. The summed E-state index contributed by atoms with van der Waals surface area (Å²) < 4.78 is 12.8. The predicted molar refractivity (Wildman–Crippen MR) is 73.1 cm³/mol. The number of benzene rings is 1. The molecule has 0 radical (unpaired) electrons. The van der Waals surface area contributed by atoms with Gasteiger partial charge in [-0.2, -0.15) is 0 Å². The van der Waals surface area contributed by atoms with E-state index in [1.807, 2.05) is 0 Å². The third-order valence-electron chi connectivity index (χ3n) is 3.43. The summed E-state index contributed by atoms with van der Waals surface area (Å²) in [5.41, 5.74) is 0.844. The van der Waals surface area contributed by atoms with E-state index in [1.165, 1.54) is 18.2 Å².